The van der Waals surface area contributed by atoms with Crippen molar-refractivity contribution in [2.75, 3.05) is 0 Å². The monoisotopic (exact) mass is 259 g/mol. The van der Waals surface area contributed by atoms with Gasteiger partial charge in [-0.25, -0.2) is 12.2 Å². The Labute approximate surface area is 96.1 Å². The quantitative estimate of drug-likeness (QED) is 0.586. The number of hydrogen-bond acceptors (Lipinski definition) is 0. The minimum atomic E-state index is 0. The summed E-state index contributed by atoms with van der Waals surface area (Å²) >= 11 is 0. The molecule has 0 saturated carbocycles. The van der Waals surface area contributed by atoms with Crippen LogP contribution in [-0.4, -0.2) is 0 Å². The molecule has 0 aromatic carbocycles. The molecule has 0 heterocycles. The largest absolute Gasteiger partial charge is 0.273 e. The van der Waals surface area contributed by atoms with Crippen molar-refractivity contribution in [3.63, 3.8) is 0 Å². The van der Waals surface area contributed by atoms with Crippen molar-refractivity contribution in [2.24, 2.45) is 0 Å². The van der Waals surface area contributed by atoms with Crippen molar-refractivity contribution < 1.29 is 26.2 Å². The number of hydrogen-bond donors (Lipinski definition) is 0. The summed E-state index contributed by atoms with van der Waals surface area (Å²) in [6, 6.07) is 0. The summed E-state index contributed by atoms with van der Waals surface area (Å²) in [7, 11) is 0. The second-order valence-electron chi connectivity index (χ2n) is 1.00. The van der Waals surface area contributed by atoms with Gasteiger partial charge in [0.15, 0.2) is 0 Å². The fraction of sp³-hybridized carbons (Fsp3) is 0.429. The Balaban J connectivity index is -0.0000000167. The van der Waals surface area contributed by atoms with Gasteiger partial charge in [-0.05, 0) is 0 Å². The fourth-order valence-corrected chi connectivity index (χ4v) is 0.340. The fourth-order valence-electron chi connectivity index (χ4n) is 0.340. The van der Waals surface area contributed by atoms with Crippen LogP contribution in [0.25, 0.3) is 0 Å². The predicted octanol–water partition coefficient (Wildman–Crippen LogP) is 3.42. The van der Waals surface area contributed by atoms with Gasteiger partial charge in [-0.3, -0.25) is 6.08 Å². The van der Waals surface area contributed by atoms with Crippen LogP contribution in [0, 0.1) is 6.08 Å². The maximum absolute atomic E-state index is 2.99. The molecule has 0 aliphatic heterocycles. The van der Waals surface area contributed by atoms with Crippen LogP contribution in [0.1, 0.15) is 21.3 Å². The average Bonchev–Trinajstić information content (AvgIpc) is 1.76. The topological polar surface area (TPSA) is 0 Å². The molecule has 62 valence electrons. The van der Waals surface area contributed by atoms with E-state index in [1.165, 1.54) is 0 Å². The van der Waals surface area contributed by atoms with Crippen LogP contribution in [0.5, 0.6) is 0 Å². The van der Waals surface area contributed by atoms with E-state index in [0.717, 1.165) is 6.42 Å². The smallest absolute Gasteiger partial charge is 0 e. The zero-order chi connectivity index (χ0) is 3.54. The molecule has 0 bridgehead atoms. The molecule has 0 saturated heterocycles. The number of halogens is 2. The summed E-state index contributed by atoms with van der Waals surface area (Å²) in [5.74, 6) is 0. The third kappa shape index (κ3) is 16.0. The zero-order valence-electron chi connectivity index (χ0n) is 4.26. The molecule has 0 spiro atoms. The maximum Gasteiger partial charge on any atom is 0 e. The first-order valence-corrected chi connectivity index (χ1v) is 1.72. The van der Waals surface area contributed by atoms with Gasteiger partial charge in [0.2, 0.25) is 0 Å². The van der Waals surface area contributed by atoms with Crippen LogP contribution >= 0.6 is 24.8 Å². The van der Waals surface area contributed by atoms with Crippen LogP contribution in [0.2, 0.25) is 0 Å². The summed E-state index contributed by atoms with van der Waals surface area (Å²) in [6.07, 6.45) is 10.0. The molecule has 3 heteroatoms. The minimum Gasteiger partial charge on any atom is -0.273 e. The van der Waals surface area contributed by atoms with Crippen LogP contribution < -0.4 is 0 Å². The third-order valence-electron chi connectivity index (χ3n) is 0.586. The summed E-state index contributed by atoms with van der Waals surface area (Å²) in [5, 5.41) is 0. The predicted molar refractivity (Wildman–Crippen MR) is 49.5 cm³/mol. The summed E-state index contributed by atoms with van der Waals surface area (Å²) in [5.41, 5.74) is 0. The molecule has 1 aliphatic carbocycles. The van der Waals surface area contributed by atoms with E-state index in [1.54, 1.807) is 0 Å². The third-order valence-corrected chi connectivity index (χ3v) is 0.586. The molecule has 0 fully saturated rings. The number of rotatable bonds is 0. The molecule has 0 unspecified atom stereocenters. The molecule has 0 aromatic heterocycles. The van der Waals surface area contributed by atoms with Crippen molar-refractivity contribution in [1.29, 1.82) is 0 Å². The van der Waals surface area contributed by atoms with Crippen LogP contribution in [0.15, 0.2) is 18.2 Å². The Morgan fingerprint density at radius 1 is 1.10 bits per heavy atom. The van der Waals surface area contributed by atoms with E-state index in [9.17, 15) is 0 Å². The molecule has 0 N–H and O–H groups in total. The van der Waals surface area contributed by atoms with Gasteiger partial charge in [0.25, 0.3) is 0 Å². The Kier molecular flexibility index (Phi) is 69.0. The summed E-state index contributed by atoms with van der Waals surface area (Å²) in [4.78, 5) is 0. The van der Waals surface area contributed by atoms with E-state index in [2.05, 4.69) is 12.2 Å². The second kappa shape index (κ2) is 22.5. The normalized spacial score (nSPS) is 8.80. The molecular formula is C7H15Cl2Zr-. The van der Waals surface area contributed by atoms with E-state index in [-0.39, 0.29) is 65.9 Å². The molecule has 1 aliphatic rings. The molecule has 0 aromatic rings. The Morgan fingerprint density at radius 2 is 1.60 bits per heavy atom. The van der Waals surface area contributed by atoms with E-state index in [0.29, 0.717) is 0 Å². The molecule has 0 amide bonds. The minimum absolute atomic E-state index is 0. The molecule has 0 atom stereocenters. The van der Waals surface area contributed by atoms with Gasteiger partial charge in [0, 0.05) is 26.2 Å². The first kappa shape index (κ1) is 30.6. The van der Waals surface area contributed by atoms with E-state index < -0.39 is 0 Å². The van der Waals surface area contributed by atoms with Gasteiger partial charge in [0.1, 0.15) is 0 Å². The Morgan fingerprint density at radius 3 is 1.70 bits per heavy atom. The molecule has 0 nitrogen and oxygen atoms in total. The molecule has 0 radical (unpaired) electrons. The van der Waals surface area contributed by atoms with E-state index >= 15 is 0 Å². The van der Waals surface area contributed by atoms with Gasteiger partial charge in [0.05, 0.1) is 0 Å². The number of allylic oxidation sites excluding steroid dienone is 4. The zero-order valence-corrected chi connectivity index (χ0v) is 8.35. The Hall–Kier alpha value is 0.943. The van der Waals surface area contributed by atoms with Crippen LogP contribution in [0.4, 0.5) is 0 Å². The standard InChI is InChI=1S/C5H5.2CH4.2ClH.Zr/c1-2-4-5-3-1;;;;;/h1-3H,4H2;2*1H4;2*1H;/q-1;;;;;. The van der Waals surface area contributed by atoms with Crippen molar-refractivity contribution in [1.82, 2.24) is 0 Å². The van der Waals surface area contributed by atoms with Gasteiger partial charge < -0.3 is 0 Å². The van der Waals surface area contributed by atoms with Crippen LogP contribution in [-0.2, 0) is 26.2 Å². The van der Waals surface area contributed by atoms with Gasteiger partial charge in [-0.1, -0.05) is 14.9 Å². The summed E-state index contributed by atoms with van der Waals surface area (Å²) in [6.45, 7) is 0. The van der Waals surface area contributed by atoms with Crippen molar-refractivity contribution >= 4 is 24.8 Å². The second-order valence-corrected chi connectivity index (χ2v) is 1.00. The maximum atomic E-state index is 2.99. The molecule has 1 rings (SSSR count). The summed E-state index contributed by atoms with van der Waals surface area (Å²) < 4.78 is 0. The van der Waals surface area contributed by atoms with Crippen molar-refractivity contribution in [2.45, 2.75) is 21.3 Å². The van der Waals surface area contributed by atoms with Gasteiger partial charge in [-0.2, -0.15) is 6.08 Å². The van der Waals surface area contributed by atoms with Crippen molar-refractivity contribution in [3.05, 3.63) is 24.3 Å². The van der Waals surface area contributed by atoms with Crippen molar-refractivity contribution in [3.8, 4) is 0 Å². The SMILES string of the molecule is C.C.Cl.Cl.[C-]1=CC=CC1.[Zr]. The first-order chi connectivity index (χ1) is 2.50. The van der Waals surface area contributed by atoms with E-state index in [4.69, 9.17) is 0 Å². The average molecular weight is 261 g/mol. The molecule has 10 heavy (non-hydrogen) atoms. The van der Waals surface area contributed by atoms with Gasteiger partial charge in [-0.15, -0.1) is 31.2 Å². The molecular weight excluding hydrogens is 246 g/mol. The Bertz CT molecular complexity index is 69.7. The first-order valence-electron chi connectivity index (χ1n) is 1.72. The van der Waals surface area contributed by atoms with Gasteiger partial charge >= 0.3 is 0 Å². The van der Waals surface area contributed by atoms with E-state index in [1.807, 2.05) is 12.2 Å². The van der Waals surface area contributed by atoms with Crippen LogP contribution in [0.3, 0.4) is 0 Å².